The summed E-state index contributed by atoms with van der Waals surface area (Å²) in [7, 11) is 0. The molecule has 0 unspecified atom stereocenters. The summed E-state index contributed by atoms with van der Waals surface area (Å²) in [5, 5.41) is 13.5. The van der Waals surface area contributed by atoms with Crippen LogP contribution < -0.4 is 5.01 Å². The smallest absolute Gasteiger partial charge is 0.435 e. The molecule has 0 spiro atoms. The number of aryl methyl sites for hydroxylation is 1. The third-order valence-corrected chi connectivity index (χ3v) is 5.28. The molecule has 3 aromatic rings. The Kier molecular flexibility index (Phi) is 5.59. The minimum atomic E-state index is -4.91. The molecule has 1 amide bonds. The van der Waals surface area contributed by atoms with Crippen molar-refractivity contribution in [3.63, 3.8) is 0 Å². The molecule has 1 aromatic heterocycles. The fourth-order valence-electron chi connectivity index (χ4n) is 3.15. The zero-order valence-electron chi connectivity index (χ0n) is 16.9. The highest BCUT2D eigenvalue weighted by molar-refractivity contribution is 6.34. The Morgan fingerprint density at radius 3 is 2.42 bits per heavy atom. The van der Waals surface area contributed by atoms with Crippen molar-refractivity contribution in [1.29, 1.82) is 0 Å². The Labute approximate surface area is 190 Å². The SMILES string of the molecule is Cc1ccc(-c2ccc(/C=C3\C(=O)N(c4ccc(C(=O)O)cc4)N=C3C(F)(F)F)o2)cc1Cl. The van der Waals surface area contributed by atoms with Gasteiger partial charge in [-0.3, -0.25) is 4.79 Å². The summed E-state index contributed by atoms with van der Waals surface area (Å²) in [5.41, 5.74) is -0.699. The molecule has 0 fully saturated rings. The number of carbonyl (C=O) groups is 2. The quantitative estimate of drug-likeness (QED) is 0.473. The number of halogens is 4. The summed E-state index contributed by atoms with van der Waals surface area (Å²) in [6.45, 7) is 1.83. The number of alkyl halides is 3. The number of carbonyl (C=O) groups excluding carboxylic acids is 1. The van der Waals surface area contributed by atoms with E-state index in [1.807, 2.05) is 6.92 Å². The molecule has 33 heavy (non-hydrogen) atoms. The van der Waals surface area contributed by atoms with Crippen LogP contribution in [0, 0.1) is 6.92 Å². The molecule has 6 nitrogen and oxygen atoms in total. The largest absolute Gasteiger partial charge is 0.478 e. The Morgan fingerprint density at radius 2 is 1.82 bits per heavy atom. The van der Waals surface area contributed by atoms with E-state index in [1.54, 1.807) is 24.3 Å². The first-order valence-electron chi connectivity index (χ1n) is 9.46. The van der Waals surface area contributed by atoms with E-state index < -0.39 is 29.3 Å². The van der Waals surface area contributed by atoms with Crippen LogP contribution in [0.4, 0.5) is 18.9 Å². The summed E-state index contributed by atoms with van der Waals surface area (Å²) in [4.78, 5) is 23.8. The van der Waals surface area contributed by atoms with Crippen molar-refractivity contribution in [3.05, 3.63) is 82.1 Å². The lowest BCUT2D eigenvalue weighted by Gasteiger charge is -2.11. The lowest BCUT2D eigenvalue weighted by molar-refractivity contribution is -0.114. The zero-order valence-corrected chi connectivity index (χ0v) is 17.6. The normalized spacial score (nSPS) is 15.3. The number of amides is 1. The molecule has 0 saturated heterocycles. The first-order chi connectivity index (χ1) is 15.5. The summed E-state index contributed by atoms with van der Waals surface area (Å²) < 4.78 is 46.5. The van der Waals surface area contributed by atoms with Gasteiger partial charge in [0.25, 0.3) is 5.91 Å². The lowest BCUT2D eigenvalue weighted by Crippen LogP contribution is -2.25. The highest BCUT2D eigenvalue weighted by Gasteiger charge is 2.47. The molecule has 2 heterocycles. The minimum absolute atomic E-state index is 0.00965. The van der Waals surface area contributed by atoms with Crippen LogP contribution in [0.3, 0.4) is 0 Å². The highest BCUT2D eigenvalue weighted by Crippen LogP contribution is 2.34. The molecule has 1 aliphatic heterocycles. The number of furan rings is 1. The first kappa shape index (κ1) is 22.3. The van der Waals surface area contributed by atoms with E-state index >= 15 is 0 Å². The number of aromatic carboxylic acids is 1. The van der Waals surface area contributed by atoms with E-state index in [0.29, 0.717) is 21.4 Å². The van der Waals surface area contributed by atoms with Crippen LogP contribution in [-0.2, 0) is 4.79 Å². The van der Waals surface area contributed by atoms with Crippen molar-refractivity contribution in [1.82, 2.24) is 0 Å². The number of nitrogens with zero attached hydrogens (tertiary/aromatic N) is 2. The number of benzene rings is 2. The standard InChI is InChI=1S/C23H14ClF3N2O4/c1-12-2-3-14(10-18(12)24)19-9-8-16(33-19)11-17-20(23(25,26)27)28-29(21(17)30)15-6-4-13(5-7-15)22(31)32/h2-11H,1H3,(H,31,32)/b17-11-. The van der Waals surface area contributed by atoms with Crippen LogP contribution in [-0.4, -0.2) is 28.9 Å². The summed E-state index contributed by atoms with van der Waals surface area (Å²) in [6.07, 6.45) is -3.93. The number of rotatable bonds is 4. The zero-order chi connectivity index (χ0) is 23.9. The predicted molar refractivity (Wildman–Crippen MR) is 116 cm³/mol. The van der Waals surface area contributed by atoms with Crippen LogP contribution >= 0.6 is 11.6 Å². The van der Waals surface area contributed by atoms with Gasteiger partial charge in [-0.1, -0.05) is 23.7 Å². The van der Waals surface area contributed by atoms with E-state index in [2.05, 4.69) is 5.10 Å². The van der Waals surface area contributed by atoms with Gasteiger partial charge >= 0.3 is 12.1 Å². The van der Waals surface area contributed by atoms with Gasteiger partial charge in [0.1, 0.15) is 11.5 Å². The van der Waals surface area contributed by atoms with Gasteiger partial charge in [-0.25, -0.2) is 4.79 Å². The van der Waals surface area contributed by atoms with Gasteiger partial charge in [0.15, 0.2) is 5.71 Å². The third kappa shape index (κ3) is 4.40. The number of anilines is 1. The van der Waals surface area contributed by atoms with Gasteiger partial charge in [-0.15, -0.1) is 0 Å². The van der Waals surface area contributed by atoms with Gasteiger partial charge in [0.05, 0.1) is 16.8 Å². The van der Waals surface area contributed by atoms with Crippen molar-refractivity contribution in [3.8, 4) is 11.3 Å². The number of carboxylic acids is 1. The second-order valence-electron chi connectivity index (χ2n) is 7.14. The molecule has 168 valence electrons. The van der Waals surface area contributed by atoms with Gasteiger partial charge in [-0.2, -0.15) is 23.3 Å². The van der Waals surface area contributed by atoms with Crippen LogP contribution in [0.15, 0.2) is 69.7 Å². The molecule has 1 N–H and O–H groups in total. The van der Waals surface area contributed by atoms with Gasteiger partial charge in [0.2, 0.25) is 0 Å². The summed E-state index contributed by atoms with van der Waals surface area (Å²) in [6, 6.07) is 12.9. The average Bonchev–Trinajstić information content (AvgIpc) is 3.35. The summed E-state index contributed by atoms with van der Waals surface area (Å²) >= 11 is 6.12. The fourth-order valence-corrected chi connectivity index (χ4v) is 3.33. The number of hydrogen-bond acceptors (Lipinski definition) is 4. The molecular formula is C23H14ClF3N2O4. The molecule has 10 heteroatoms. The molecule has 0 atom stereocenters. The average molecular weight is 475 g/mol. The first-order valence-corrected chi connectivity index (χ1v) is 9.84. The molecule has 0 bridgehead atoms. The molecule has 0 saturated carbocycles. The van der Waals surface area contributed by atoms with Crippen molar-refractivity contribution in [2.24, 2.45) is 5.10 Å². The molecule has 2 aromatic carbocycles. The second-order valence-corrected chi connectivity index (χ2v) is 7.55. The number of carboxylic acid groups (broad SMARTS) is 1. The van der Waals surface area contributed by atoms with Crippen molar-refractivity contribution in [2.45, 2.75) is 13.1 Å². The highest BCUT2D eigenvalue weighted by atomic mass is 35.5. The van der Waals surface area contributed by atoms with Gasteiger partial charge in [-0.05, 0) is 61.0 Å². The number of hydrazone groups is 1. The number of hydrogen-bond donors (Lipinski definition) is 1. The molecule has 4 rings (SSSR count). The van der Waals surface area contributed by atoms with E-state index in [9.17, 15) is 22.8 Å². The minimum Gasteiger partial charge on any atom is -0.478 e. The van der Waals surface area contributed by atoms with Crippen LogP contribution in [0.5, 0.6) is 0 Å². The molecule has 0 radical (unpaired) electrons. The Hall–Kier alpha value is -3.85. The maximum Gasteiger partial charge on any atom is 0.435 e. The van der Waals surface area contributed by atoms with Crippen molar-refractivity contribution in [2.75, 3.05) is 5.01 Å². The van der Waals surface area contributed by atoms with Crippen LogP contribution in [0.2, 0.25) is 5.02 Å². The predicted octanol–water partition coefficient (Wildman–Crippen LogP) is 5.96. The molecular weight excluding hydrogens is 461 g/mol. The van der Waals surface area contributed by atoms with Gasteiger partial charge < -0.3 is 9.52 Å². The van der Waals surface area contributed by atoms with E-state index in [-0.39, 0.29) is 17.0 Å². The van der Waals surface area contributed by atoms with E-state index in [0.717, 1.165) is 11.6 Å². The molecule has 0 aliphatic carbocycles. The fraction of sp³-hybridized carbons (Fsp3) is 0.0870. The maximum atomic E-state index is 13.6. The van der Waals surface area contributed by atoms with Crippen molar-refractivity contribution >= 4 is 41.0 Å². The Morgan fingerprint density at radius 1 is 1.12 bits per heavy atom. The van der Waals surface area contributed by atoms with E-state index in [4.69, 9.17) is 21.1 Å². The lowest BCUT2D eigenvalue weighted by atomic mass is 10.1. The Balaban J connectivity index is 1.70. The van der Waals surface area contributed by atoms with Crippen LogP contribution in [0.1, 0.15) is 21.7 Å². The van der Waals surface area contributed by atoms with Crippen LogP contribution in [0.25, 0.3) is 17.4 Å². The second kappa shape index (κ2) is 8.25. The van der Waals surface area contributed by atoms with Gasteiger partial charge in [0, 0.05) is 10.6 Å². The third-order valence-electron chi connectivity index (χ3n) is 4.87. The van der Waals surface area contributed by atoms with Crippen molar-refractivity contribution < 1.29 is 32.3 Å². The monoisotopic (exact) mass is 474 g/mol. The van der Waals surface area contributed by atoms with E-state index in [1.165, 1.54) is 30.3 Å². The maximum absolute atomic E-state index is 13.6. The topological polar surface area (TPSA) is 83.1 Å². The molecule has 1 aliphatic rings. The summed E-state index contributed by atoms with van der Waals surface area (Å²) in [5.74, 6) is -1.86. The Bertz CT molecular complexity index is 1320.